The predicted octanol–water partition coefficient (Wildman–Crippen LogP) is 2.56. The summed E-state index contributed by atoms with van der Waals surface area (Å²) in [5, 5.41) is 2.72. The molecule has 1 aromatic carbocycles. The zero-order chi connectivity index (χ0) is 23.5. The highest BCUT2D eigenvalue weighted by atomic mass is 32.2. The van der Waals surface area contributed by atoms with Crippen molar-refractivity contribution in [3.05, 3.63) is 47.7 Å². The van der Waals surface area contributed by atoms with Gasteiger partial charge >= 0.3 is 6.61 Å². The van der Waals surface area contributed by atoms with E-state index in [4.69, 9.17) is 0 Å². The highest BCUT2D eigenvalue weighted by Gasteiger charge is 2.48. The SMILES string of the molecule is CC1(NC(=O)c2cnc3c(c2)C(C)(C)C(=O)N3c2cccc(OC(F)F)c2)CS(=O)(=O)C1. The minimum Gasteiger partial charge on any atom is -0.435 e. The fourth-order valence-corrected chi connectivity index (χ4v) is 6.10. The number of fused-ring (bicyclic) bond motifs is 1. The molecule has 1 aromatic heterocycles. The van der Waals surface area contributed by atoms with Crippen molar-refractivity contribution < 1.29 is 31.5 Å². The maximum atomic E-state index is 13.2. The third-order valence-electron chi connectivity index (χ3n) is 5.55. The van der Waals surface area contributed by atoms with Gasteiger partial charge in [0.1, 0.15) is 11.6 Å². The van der Waals surface area contributed by atoms with Gasteiger partial charge in [0.25, 0.3) is 5.91 Å². The molecule has 0 saturated carbocycles. The number of ether oxygens (including phenoxy) is 1. The van der Waals surface area contributed by atoms with Gasteiger partial charge < -0.3 is 10.1 Å². The molecule has 0 bridgehead atoms. The summed E-state index contributed by atoms with van der Waals surface area (Å²) >= 11 is 0. The lowest BCUT2D eigenvalue weighted by molar-refractivity contribution is -0.121. The Hall–Kier alpha value is -3.08. The fraction of sp³-hybridized carbons (Fsp3) is 0.381. The number of nitrogens with zero attached hydrogens (tertiary/aromatic N) is 2. The average Bonchev–Trinajstić information content (AvgIpc) is 2.85. The van der Waals surface area contributed by atoms with Crippen LogP contribution in [0.1, 0.15) is 36.7 Å². The van der Waals surface area contributed by atoms with E-state index in [0.29, 0.717) is 11.3 Å². The first-order valence-electron chi connectivity index (χ1n) is 9.74. The maximum absolute atomic E-state index is 13.2. The molecule has 32 heavy (non-hydrogen) atoms. The summed E-state index contributed by atoms with van der Waals surface area (Å²) in [6.07, 6.45) is 1.30. The number of benzene rings is 1. The Morgan fingerprint density at radius 1 is 1.22 bits per heavy atom. The molecule has 4 rings (SSSR count). The lowest BCUT2D eigenvalue weighted by atomic mass is 9.86. The summed E-state index contributed by atoms with van der Waals surface area (Å²) in [6.45, 7) is 2.00. The van der Waals surface area contributed by atoms with E-state index in [2.05, 4.69) is 15.0 Å². The number of halogens is 2. The van der Waals surface area contributed by atoms with Gasteiger partial charge in [0, 0.05) is 17.8 Å². The highest BCUT2D eigenvalue weighted by Crippen LogP contribution is 2.45. The lowest BCUT2D eigenvalue weighted by Crippen LogP contribution is -2.63. The van der Waals surface area contributed by atoms with Crippen LogP contribution in [0.15, 0.2) is 36.5 Å². The molecule has 0 aliphatic carbocycles. The van der Waals surface area contributed by atoms with Crippen LogP contribution in [0.4, 0.5) is 20.3 Å². The molecule has 2 amide bonds. The predicted molar refractivity (Wildman–Crippen MR) is 112 cm³/mol. The van der Waals surface area contributed by atoms with Gasteiger partial charge in [-0.2, -0.15) is 8.78 Å². The Bertz CT molecular complexity index is 1220. The van der Waals surface area contributed by atoms with Crippen LogP contribution in [0.2, 0.25) is 0 Å². The third kappa shape index (κ3) is 3.81. The minimum atomic E-state index is -3.14. The van der Waals surface area contributed by atoms with Crippen LogP contribution in [-0.2, 0) is 20.0 Å². The summed E-state index contributed by atoms with van der Waals surface area (Å²) in [5.41, 5.74) is -0.912. The standard InChI is InChI=1S/C21H21F2N3O5S/c1-20(2)15-7-12(17(27)25-21(3)10-32(29,30)11-21)9-24-16(15)26(18(20)28)13-5-4-6-14(8-13)31-19(22)23/h4-9,19H,10-11H2,1-3H3,(H,25,27). The zero-order valence-corrected chi connectivity index (χ0v) is 18.4. The number of hydrogen-bond donors (Lipinski definition) is 1. The topological polar surface area (TPSA) is 106 Å². The first-order chi connectivity index (χ1) is 14.8. The van der Waals surface area contributed by atoms with Crippen LogP contribution in [0.5, 0.6) is 5.75 Å². The number of pyridine rings is 1. The molecular weight excluding hydrogens is 444 g/mol. The quantitative estimate of drug-likeness (QED) is 0.728. The molecule has 2 aromatic rings. The minimum absolute atomic E-state index is 0.101. The van der Waals surface area contributed by atoms with Crippen molar-refractivity contribution in [3.63, 3.8) is 0 Å². The molecule has 2 aliphatic heterocycles. The zero-order valence-electron chi connectivity index (χ0n) is 17.6. The molecule has 0 radical (unpaired) electrons. The van der Waals surface area contributed by atoms with Crippen LogP contribution >= 0.6 is 0 Å². The number of nitrogens with one attached hydrogen (secondary N) is 1. The Balaban J connectivity index is 1.66. The van der Waals surface area contributed by atoms with E-state index in [0.717, 1.165) is 0 Å². The molecule has 8 nitrogen and oxygen atoms in total. The Kier molecular flexibility index (Phi) is 5.00. The van der Waals surface area contributed by atoms with Crippen molar-refractivity contribution in [3.8, 4) is 5.75 Å². The van der Waals surface area contributed by atoms with Crippen LogP contribution in [0, 0.1) is 0 Å². The van der Waals surface area contributed by atoms with Crippen LogP contribution in [0.25, 0.3) is 0 Å². The second-order valence-electron chi connectivity index (χ2n) is 8.78. The average molecular weight is 465 g/mol. The number of aromatic nitrogens is 1. The van der Waals surface area contributed by atoms with E-state index in [-0.39, 0.29) is 34.5 Å². The van der Waals surface area contributed by atoms with Crippen molar-refractivity contribution in [2.45, 2.75) is 38.3 Å². The molecule has 3 heterocycles. The Morgan fingerprint density at radius 3 is 2.53 bits per heavy atom. The number of rotatable bonds is 5. The van der Waals surface area contributed by atoms with Gasteiger partial charge in [-0.15, -0.1) is 0 Å². The van der Waals surface area contributed by atoms with Crippen molar-refractivity contribution in [1.82, 2.24) is 10.3 Å². The largest absolute Gasteiger partial charge is 0.435 e. The van der Waals surface area contributed by atoms with Crippen LogP contribution in [0.3, 0.4) is 0 Å². The Morgan fingerprint density at radius 2 is 1.91 bits per heavy atom. The maximum Gasteiger partial charge on any atom is 0.387 e. The number of hydrogen-bond acceptors (Lipinski definition) is 6. The van der Waals surface area contributed by atoms with Crippen molar-refractivity contribution in [2.24, 2.45) is 0 Å². The van der Waals surface area contributed by atoms with Crippen molar-refractivity contribution in [1.29, 1.82) is 0 Å². The number of carbonyl (C=O) groups excluding carboxylic acids is 2. The van der Waals surface area contributed by atoms with Gasteiger partial charge in [-0.25, -0.2) is 13.4 Å². The lowest BCUT2D eigenvalue weighted by Gasteiger charge is -2.38. The smallest absolute Gasteiger partial charge is 0.387 e. The summed E-state index contributed by atoms with van der Waals surface area (Å²) in [4.78, 5) is 31.5. The van der Waals surface area contributed by atoms with Crippen LogP contribution in [-0.4, -0.2) is 48.9 Å². The summed E-state index contributed by atoms with van der Waals surface area (Å²) < 4.78 is 52.6. The van der Waals surface area contributed by atoms with Gasteiger partial charge in [0.2, 0.25) is 5.91 Å². The van der Waals surface area contributed by atoms with Crippen molar-refractivity contribution >= 4 is 33.2 Å². The molecule has 1 fully saturated rings. The second kappa shape index (κ2) is 7.22. The molecule has 1 saturated heterocycles. The number of alkyl halides is 2. The Labute approximate surface area is 183 Å². The highest BCUT2D eigenvalue weighted by molar-refractivity contribution is 7.93. The summed E-state index contributed by atoms with van der Waals surface area (Å²) in [5.74, 6) is -0.937. The van der Waals surface area contributed by atoms with E-state index in [1.165, 1.54) is 29.3 Å². The number of sulfone groups is 1. The van der Waals surface area contributed by atoms with E-state index in [9.17, 15) is 26.8 Å². The van der Waals surface area contributed by atoms with Gasteiger partial charge in [0.15, 0.2) is 9.84 Å². The fourth-order valence-electron chi connectivity index (χ4n) is 4.10. The van der Waals surface area contributed by atoms with Gasteiger partial charge in [-0.05, 0) is 39.0 Å². The molecule has 0 spiro atoms. The molecule has 0 unspecified atom stereocenters. The van der Waals surface area contributed by atoms with E-state index < -0.39 is 33.3 Å². The third-order valence-corrected chi connectivity index (χ3v) is 7.70. The van der Waals surface area contributed by atoms with E-state index in [1.807, 2.05) is 0 Å². The first kappa shape index (κ1) is 22.1. The van der Waals surface area contributed by atoms with Crippen molar-refractivity contribution in [2.75, 3.05) is 16.4 Å². The van der Waals surface area contributed by atoms with E-state index in [1.54, 1.807) is 32.9 Å². The van der Waals surface area contributed by atoms with Gasteiger partial charge in [-0.1, -0.05) is 6.07 Å². The van der Waals surface area contributed by atoms with Gasteiger partial charge in [-0.3, -0.25) is 14.5 Å². The van der Waals surface area contributed by atoms with Gasteiger partial charge in [0.05, 0.1) is 33.7 Å². The molecule has 1 N–H and O–H groups in total. The van der Waals surface area contributed by atoms with E-state index >= 15 is 0 Å². The molecular formula is C21H21F2N3O5S. The number of anilines is 2. The summed E-state index contributed by atoms with van der Waals surface area (Å²) in [6, 6.07) is 7.27. The normalized spacial score (nSPS) is 19.9. The molecule has 170 valence electrons. The molecule has 0 atom stereocenters. The molecule has 11 heteroatoms. The molecule has 2 aliphatic rings. The number of carbonyl (C=O) groups is 2. The second-order valence-corrected chi connectivity index (χ2v) is 10.8. The monoisotopic (exact) mass is 465 g/mol. The number of amides is 2. The first-order valence-corrected chi connectivity index (χ1v) is 11.6. The summed E-state index contributed by atoms with van der Waals surface area (Å²) in [7, 11) is -3.14. The van der Waals surface area contributed by atoms with Crippen LogP contribution < -0.4 is 15.0 Å².